The van der Waals surface area contributed by atoms with E-state index in [4.69, 9.17) is 0 Å². The highest BCUT2D eigenvalue weighted by Gasteiger charge is 2.27. The molecule has 1 aliphatic heterocycles. The Morgan fingerprint density at radius 2 is 1.78 bits per heavy atom. The average molecular weight is 266 g/mol. The van der Waals surface area contributed by atoms with Gasteiger partial charge in [0.05, 0.1) is 18.1 Å². The number of ether oxygens (including phenoxy) is 1. The molecule has 0 amide bonds. The van der Waals surface area contributed by atoms with Crippen molar-refractivity contribution in [1.82, 2.24) is 0 Å². The molecule has 0 fully saturated rings. The van der Waals surface area contributed by atoms with Gasteiger partial charge in [-0.2, -0.15) is 0 Å². The second-order valence-electron chi connectivity index (χ2n) is 3.69. The fraction of sp³-hybridized carbons (Fsp3) is 0.0833. The number of phenols is 1. The molecule has 6 heteroatoms. The third-order valence-corrected chi connectivity index (χ3v) is 3.57. The van der Waals surface area contributed by atoms with Gasteiger partial charge in [0.1, 0.15) is 5.75 Å². The Labute approximate surface area is 104 Å². The Morgan fingerprint density at radius 3 is 2.33 bits per heavy atom. The standard InChI is InChI=1S/C12H10O5S/c1-17-12(14)11-7-18(15,16)6-10(11)8-2-4-9(13)5-3-8/h2-7,13H,1H3. The maximum Gasteiger partial charge on any atom is 0.339 e. The van der Waals surface area contributed by atoms with Gasteiger partial charge < -0.3 is 9.84 Å². The highest BCUT2D eigenvalue weighted by Crippen LogP contribution is 2.32. The lowest BCUT2D eigenvalue weighted by Gasteiger charge is -2.05. The van der Waals surface area contributed by atoms with Gasteiger partial charge in [-0.05, 0) is 17.7 Å². The molecule has 0 aliphatic carbocycles. The molecule has 2 rings (SSSR count). The van der Waals surface area contributed by atoms with Crippen molar-refractivity contribution in [2.75, 3.05) is 7.11 Å². The van der Waals surface area contributed by atoms with Crippen LogP contribution in [0.25, 0.3) is 5.57 Å². The fourth-order valence-corrected chi connectivity index (χ4v) is 2.83. The lowest BCUT2D eigenvalue weighted by Crippen LogP contribution is -2.05. The zero-order valence-electron chi connectivity index (χ0n) is 9.45. The molecule has 1 aromatic rings. The molecule has 0 bridgehead atoms. The number of aromatic hydroxyl groups is 1. The summed E-state index contributed by atoms with van der Waals surface area (Å²) in [5.41, 5.74) is 0.774. The van der Waals surface area contributed by atoms with Gasteiger partial charge in [-0.25, -0.2) is 13.2 Å². The van der Waals surface area contributed by atoms with E-state index in [1.165, 1.54) is 31.4 Å². The van der Waals surface area contributed by atoms with E-state index in [2.05, 4.69) is 4.74 Å². The zero-order chi connectivity index (χ0) is 13.3. The van der Waals surface area contributed by atoms with Gasteiger partial charge in [-0.3, -0.25) is 0 Å². The van der Waals surface area contributed by atoms with E-state index in [-0.39, 0.29) is 16.9 Å². The summed E-state index contributed by atoms with van der Waals surface area (Å²) in [5, 5.41) is 11.1. The average Bonchev–Trinajstić information content (AvgIpc) is 2.65. The quantitative estimate of drug-likeness (QED) is 0.814. The number of rotatable bonds is 2. The number of esters is 1. The van der Waals surface area contributed by atoms with Crippen molar-refractivity contribution in [3.63, 3.8) is 0 Å². The molecule has 0 unspecified atom stereocenters. The number of hydrogen-bond acceptors (Lipinski definition) is 5. The van der Waals surface area contributed by atoms with Crippen LogP contribution >= 0.6 is 0 Å². The normalized spacial score (nSPS) is 16.9. The number of carbonyl (C=O) groups excluding carboxylic acids is 1. The van der Waals surface area contributed by atoms with Crippen LogP contribution in [0.2, 0.25) is 0 Å². The topological polar surface area (TPSA) is 80.7 Å². The molecule has 1 aliphatic rings. The summed E-state index contributed by atoms with van der Waals surface area (Å²) in [4.78, 5) is 11.5. The van der Waals surface area contributed by atoms with Crippen LogP contribution in [0.3, 0.4) is 0 Å². The van der Waals surface area contributed by atoms with E-state index in [1.807, 2.05) is 0 Å². The lowest BCUT2D eigenvalue weighted by atomic mass is 10.0. The largest absolute Gasteiger partial charge is 0.508 e. The van der Waals surface area contributed by atoms with Crippen molar-refractivity contribution >= 4 is 21.4 Å². The molecular formula is C12H10O5S. The second-order valence-corrected chi connectivity index (χ2v) is 5.34. The van der Waals surface area contributed by atoms with Crippen molar-refractivity contribution in [2.45, 2.75) is 0 Å². The Morgan fingerprint density at radius 1 is 1.17 bits per heavy atom. The van der Waals surface area contributed by atoms with Gasteiger partial charge in [0.15, 0.2) is 9.84 Å². The highest BCUT2D eigenvalue weighted by molar-refractivity contribution is 7.97. The first kappa shape index (κ1) is 12.4. The van der Waals surface area contributed by atoms with Crippen LogP contribution in [0.1, 0.15) is 5.56 Å². The molecule has 0 radical (unpaired) electrons. The predicted octanol–water partition coefficient (Wildman–Crippen LogP) is 1.22. The Bertz CT molecular complexity index is 650. The minimum Gasteiger partial charge on any atom is -0.508 e. The Balaban J connectivity index is 2.53. The van der Waals surface area contributed by atoms with Crippen LogP contribution in [0.15, 0.2) is 40.7 Å². The maximum absolute atomic E-state index is 11.5. The molecule has 18 heavy (non-hydrogen) atoms. The van der Waals surface area contributed by atoms with Crippen LogP contribution in [0.5, 0.6) is 5.75 Å². The predicted molar refractivity (Wildman–Crippen MR) is 65.1 cm³/mol. The van der Waals surface area contributed by atoms with Crippen molar-refractivity contribution in [2.24, 2.45) is 0 Å². The first-order chi connectivity index (χ1) is 8.43. The van der Waals surface area contributed by atoms with E-state index in [1.54, 1.807) is 0 Å². The fourth-order valence-electron chi connectivity index (χ4n) is 1.62. The van der Waals surface area contributed by atoms with Crippen molar-refractivity contribution < 1.29 is 23.1 Å². The van der Waals surface area contributed by atoms with Gasteiger partial charge in [0.2, 0.25) is 0 Å². The summed E-state index contributed by atoms with van der Waals surface area (Å²) in [5.74, 6) is -0.654. The minimum absolute atomic E-state index is 0.0109. The number of phenolic OH excluding ortho intramolecular Hbond substituents is 1. The molecule has 1 heterocycles. The van der Waals surface area contributed by atoms with Gasteiger partial charge in [-0.15, -0.1) is 0 Å². The third kappa shape index (κ3) is 2.28. The van der Waals surface area contributed by atoms with Crippen molar-refractivity contribution in [3.05, 3.63) is 46.2 Å². The summed E-state index contributed by atoms with van der Waals surface area (Å²) in [6, 6.07) is 5.88. The Hall–Kier alpha value is -2.08. The van der Waals surface area contributed by atoms with E-state index in [0.29, 0.717) is 5.56 Å². The molecule has 0 saturated heterocycles. The molecule has 1 aromatic carbocycles. The number of methoxy groups -OCH3 is 1. The monoisotopic (exact) mass is 266 g/mol. The molecule has 0 saturated carbocycles. The second kappa shape index (κ2) is 4.30. The van der Waals surface area contributed by atoms with Crippen LogP contribution < -0.4 is 0 Å². The summed E-state index contributed by atoms with van der Waals surface area (Å²) >= 11 is 0. The zero-order valence-corrected chi connectivity index (χ0v) is 10.3. The van der Waals surface area contributed by atoms with E-state index in [0.717, 1.165) is 10.8 Å². The van der Waals surface area contributed by atoms with Crippen LogP contribution in [-0.2, 0) is 19.4 Å². The summed E-state index contributed by atoms with van der Waals surface area (Å²) < 4.78 is 27.5. The van der Waals surface area contributed by atoms with E-state index >= 15 is 0 Å². The van der Waals surface area contributed by atoms with E-state index < -0.39 is 15.8 Å². The van der Waals surface area contributed by atoms with Crippen LogP contribution in [-0.4, -0.2) is 26.6 Å². The summed E-state index contributed by atoms with van der Waals surface area (Å²) in [6.45, 7) is 0. The number of sulfone groups is 1. The summed E-state index contributed by atoms with van der Waals surface area (Å²) in [6.07, 6.45) is 0. The SMILES string of the molecule is COC(=O)C1=CS(=O)(=O)C=C1c1ccc(O)cc1. The first-order valence-corrected chi connectivity index (χ1v) is 6.60. The summed E-state index contributed by atoms with van der Waals surface area (Å²) in [7, 11) is -2.36. The molecular weight excluding hydrogens is 256 g/mol. The van der Waals surface area contributed by atoms with Crippen LogP contribution in [0, 0.1) is 0 Å². The van der Waals surface area contributed by atoms with Gasteiger partial charge in [0.25, 0.3) is 0 Å². The molecule has 94 valence electrons. The van der Waals surface area contributed by atoms with Crippen molar-refractivity contribution in [3.8, 4) is 5.75 Å². The lowest BCUT2D eigenvalue weighted by molar-refractivity contribution is -0.135. The molecule has 0 aromatic heterocycles. The van der Waals surface area contributed by atoms with Gasteiger partial charge in [-0.1, -0.05) is 12.1 Å². The minimum atomic E-state index is -3.55. The van der Waals surface area contributed by atoms with Crippen molar-refractivity contribution in [1.29, 1.82) is 0 Å². The molecule has 5 nitrogen and oxygen atoms in total. The smallest absolute Gasteiger partial charge is 0.339 e. The van der Waals surface area contributed by atoms with Gasteiger partial charge in [0, 0.05) is 11.0 Å². The third-order valence-electron chi connectivity index (χ3n) is 2.44. The molecule has 1 N–H and O–H groups in total. The number of hydrogen-bond donors (Lipinski definition) is 1. The Kier molecular flexibility index (Phi) is 2.96. The number of carbonyl (C=O) groups is 1. The number of benzene rings is 1. The van der Waals surface area contributed by atoms with Crippen LogP contribution in [0.4, 0.5) is 0 Å². The van der Waals surface area contributed by atoms with Gasteiger partial charge >= 0.3 is 5.97 Å². The maximum atomic E-state index is 11.5. The molecule has 0 atom stereocenters. The molecule has 0 spiro atoms. The highest BCUT2D eigenvalue weighted by atomic mass is 32.2. The van der Waals surface area contributed by atoms with E-state index in [9.17, 15) is 18.3 Å². The first-order valence-electron chi connectivity index (χ1n) is 4.99.